The number of esters is 3. The molecular weight excluding hydrogens is 673 g/mol. The molecule has 0 bridgehead atoms. The second kappa shape index (κ2) is 42.6. The van der Waals surface area contributed by atoms with Gasteiger partial charge in [0.05, 0.1) is 0 Å². The van der Waals surface area contributed by atoms with Gasteiger partial charge in [0.25, 0.3) is 0 Å². The van der Waals surface area contributed by atoms with E-state index in [4.69, 9.17) is 14.2 Å². The lowest BCUT2D eigenvalue weighted by atomic mass is 10.0. The highest BCUT2D eigenvalue weighted by Gasteiger charge is 2.19. The van der Waals surface area contributed by atoms with Crippen LogP contribution in [0.4, 0.5) is 0 Å². The first-order valence-electron chi connectivity index (χ1n) is 23.9. The summed E-state index contributed by atoms with van der Waals surface area (Å²) < 4.78 is 16.7. The molecular formula is C48H92O6. The predicted octanol–water partition coefficient (Wildman–Crippen LogP) is 15.1. The second-order valence-electron chi connectivity index (χ2n) is 16.9. The van der Waals surface area contributed by atoms with Gasteiger partial charge >= 0.3 is 17.9 Å². The highest BCUT2D eigenvalue weighted by molar-refractivity contribution is 5.71. The van der Waals surface area contributed by atoms with Crippen molar-refractivity contribution in [2.75, 3.05) is 13.2 Å². The molecule has 0 aromatic carbocycles. The number of hydrogen-bond donors (Lipinski definition) is 0. The molecule has 0 aliphatic heterocycles. The minimum Gasteiger partial charge on any atom is -0.462 e. The Hall–Kier alpha value is -1.59. The molecule has 0 aliphatic carbocycles. The summed E-state index contributed by atoms with van der Waals surface area (Å²) in [5.41, 5.74) is 0. The van der Waals surface area contributed by atoms with Crippen molar-refractivity contribution in [1.29, 1.82) is 0 Å². The van der Waals surface area contributed by atoms with Gasteiger partial charge in [-0.05, 0) is 25.2 Å². The molecule has 0 saturated carbocycles. The van der Waals surface area contributed by atoms with Gasteiger partial charge in [0, 0.05) is 19.3 Å². The molecule has 0 fully saturated rings. The number of carbonyl (C=O) groups is 3. The highest BCUT2D eigenvalue weighted by Crippen LogP contribution is 2.16. The van der Waals surface area contributed by atoms with Crippen LogP contribution in [0.25, 0.3) is 0 Å². The number of unbranched alkanes of at least 4 members (excludes halogenated alkanes) is 30. The molecule has 0 aliphatic rings. The summed E-state index contributed by atoms with van der Waals surface area (Å²) in [4.78, 5) is 37.8. The van der Waals surface area contributed by atoms with Gasteiger partial charge in [-0.15, -0.1) is 0 Å². The summed E-state index contributed by atoms with van der Waals surface area (Å²) in [7, 11) is 0. The number of ether oxygens (including phenoxy) is 3. The van der Waals surface area contributed by atoms with Crippen LogP contribution in [0.2, 0.25) is 0 Å². The number of hydrogen-bond acceptors (Lipinski definition) is 6. The van der Waals surface area contributed by atoms with Crippen molar-refractivity contribution < 1.29 is 28.6 Å². The first-order valence-corrected chi connectivity index (χ1v) is 23.9. The molecule has 0 aromatic rings. The third kappa shape index (κ3) is 41.6. The van der Waals surface area contributed by atoms with E-state index < -0.39 is 6.10 Å². The first-order chi connectivity index (χ1) is 26.4. The lowest BCUT2D eigenvalue weighted by Crippen LogP contribution is -2.30. The molecule has 320 valence electrons. The maximum atomic E-state index is 12.7. The summed E-state index contributed by atoms with van der Waals surface area (Å²) in [5.74, 6) is -0.0327. The molecule has 6 heteroatoms. The van der Waals surface area contributed by atoms with E-state index in [0.717, 1.165) is 63.7 Å². The van der Waals surface area contributed by atoms with Crippen LogP contribution < -0.4 is 0 Å². The smallest absolute Gasteiger partial charge is 0.306 e. The van der Waals surface area contributed by atoms with Gasteiger partial charge < -0.3 is 14.2 Å². The maximum absolute atomic E-state index is 12.7. The van der Waals surface area contributed by atoms with Gasteiger partial charge in [-0.2, -0.15) is 0 Å². The lowest BCUT2D eigenvalue weighted by molar-refractivity contribution is -0.167. The molecule has 0 radical (unpaired) electrons. The minimum atomic E-state index is -0.759. The third-order valence-corrected chi connectivity index (χ3v) is 10.8. The average molecular weight is 765 g/mol. The van der Waals surface area contributed by atoms with E-state index >= 15 is 0 Å². The molecule has 0 rings (SSSR count). The highest BCUT2D eigenvalue weighted by atomic mass is 16.6. The topological polar surface area (TPSA) is 78.9 Å². The molecule has 54 heavy (non-hydrogen) atoms. The summed E-state index contributed by atoms with van der Waals surface area (Å²) in [6, 6.07) is 0. The van der Waals surface area contributed by atoms with Crippen molar-refractivity contribution in [1.82, 2.24) is 0 Å². The van der Waals surface area contributed by atoms with E-state index in [1.165, 1.54) is 161 Å². The second-order valence-corrected chi connectivity index (χ2v) is 16.9. The average Bonchev–Trinajstić information content (AvgIpc) is 3.15. The monoisotopic (exact) mass is 765 g/mol. The van der Waals surface area contributed by atoms with Crippen molar-refractivity contribution in [3.63, 3.8) is 0 Å². The Bertz CT molecular complexity index is 811. The summed E-state index contributed by atoms with van der Waals surface area (Å²) >= 11 is 0. The Morgan fingerprint density at radius 1 is 0.352 bits per heavy atom. The fourth-order valence-corrected chi connectivity index (χ4v) is 7.16. The summed E-state index contributed by atoms with van der Waals surface area (Å²) in [6.45, 7) is 8.99. The van der Waals surface area contributed by atoms with Gasteiger partial charge in [0.1, 0.15) is 13.2 Å². The quantitative estimate of drug-likeness (QED) is 0.0349. The Kier molecular flexibility index (Phi) is 41.3. The fraction of sp³-hybridized carbons (Fsp3) is 0.938. The van der Waals surface area contributed by atoms with Crippen molar-refractivity contribution in [3.8, 4) is 0 Å². The Balaban J connectivity index is 4.32. The Labute approximate surface area is 336 Å². The third-order valence-electron chi connectivity index (χ3n) is 10.8. The van der Waals surface area contributed by atoms with Crippen LogP contribution in [0.1, 0.15) is 265 Å². The summed E-state index contributed by atoms with van der Waals surface area (Å²) in [5, 5.41) is 0. The van der Waals surface area contributed by atoms with E-state index in [2.05, 4.69) is 27.7 Å². The van der Waals surface area contributed by atoms with Crippen LogP contribution in [0.3, 0.4) is 0 Å². The number of rotatable bonds is 43. The molecule has 0 aromatic heterocycles. The Morgan fingerprint density at radius 2 is 0.611 bits per heavy atom. The van der Waals surface area contributed by atoms with E-state index in [1.54, 1.807) is 0 Å². The molecule has 6 nitrogen and oxygen atoms in total. The minimum absolute atomic E-state index is 0.0634. The molecule has 0 unspecified atom stereocenters. The standard InChI is InChI=1S/C48H92O6/c1-5-7-9-11-13-15-17-19-25-29-33-37-41-48(51)54-45(42-52-46(49)39-35-31-27-23-18-16-14-12-10-8-6-2)43-53-47(50)40-36-32-28-24-21-20-22-26-30-34-38-44(3)4/h44-45H,5-43H2,1-4H3/t45-/m0/s1. The van der Waals surface area contributed by atoms with E-state index in [-0.39, 0.29) is 31.1 Å². The normalized spacial score (nSPS) is 11.9. The van der Waals surface area contributed by atoms with Crippen LogP contribution in [-0.2, 0) is 28.6 Å². The molecule has 0 amide bonds. The van der Waals surface area contributed by atoms with Crippen molar-refractivity contribution in [3.05, 3.63) is 0 Å². The Morgan fingerprint density at radius 3 is 0.907 bits per heavy atom. The van der Waals surface area contributed by atoms with Crippen LogP contribution in [-0.4, -0.2) is 37.2 Å². The van der Waals surface area contributed by atoms with Crippen LogP contribution in [0.15, 0.2) is 0 Å². The zero-order valence-corrected chi connectivity index (χ0v) is 36.7. The largest absolute Gasteiger partial charge is 0.462 e. The molecule has 0 heterocycles. The zero-order valence-electron chi connectivity index (χ0n) is 36.7. The van der Waals surface area contributed by atoms with Gasteiger partial charge in [-0.3, -0.25) is 14.4 Å². The van der Waals surface area contributed by atoms with Gasteiger partial charge in [-0.25, -0.2) is 0 Å². The van der Waals surface area contributed by atoms with Gasteiger partial charge in [0.15, 0.2) is 6.10 Å². The van der Waals surface area contributed by atoms with E-state index in [9.17, 15) is 14.4 Å². The summed E-state index contributed by atoms with van der Waals surface area (Å²) in [6.07, 6.45) is 42.2. The fourth-order valence-electron chi connectivity index (χ4n) is 7.16. The van der Waals surface area contributed by atoms with Crippen LogP contribution in [0.5, 0.6) is 0 Å². The molecule has 1 atom stereocenters. The molecule has 0 N–H and O–H groups in total. The SMILES string of the molecule is CCCCCCCCCCCCCCC(=O)O[C@@H](COC(=O)CCCCCCCCCCCCC)COC(=O)CCCCCCCCCCCCC(C)C. The zero-order chi connectivity index (χ0) is 39.6. The van der Waals surface area contributed by atoms with Gasteiger partial charge in [-0.1, -0.05) is 227 Å². The van der Waals surface area contributed by atoms with Gasteiger partial charge in [0.2, 0.25) is 0 Å². The lowest BCUT2D eigenvalue weighted by Gasteiger charge is -2.18. The molecule has 0 spiro atoms. The van der Waals surface area contributed by atoms with Crippen molar-refractivity contribution in [2.45, 2.75) is 271 Å². The van der Waals surface area contributed by atoms with Crippen LogP contribution >= 0.6 is 0 Å². The van der Waals surface area contributed by atoms with Crippen LogP contribution in [0, 0.1) is 5.92 Å². The van der Waals surface area contributed by atoms with E-state index in [0.29, 0.717) is 19.3 Å². The van der Waals surface area contributed by atoms with Crippen molar-refractivity contribution in [2.24, 2.45) is 5.92 Å². The maximum Gasteiger partial charge on any atom is 0.306 e. The number of carbonyl (C=O) groups excluding carboxylic acids is 3. The molecule has 0 saturated heterocycles. The first kappa shape index (κ1) is 52.4. The predicted molar refractivity (Wildman–Crippen MR) is 229 cm³/mol. The van der Waals surface area contributed by atoms with E-state index in [1.807, 2.05) is 0 Å². The van der Waals surface area contributed by atoms with Crippen molar-refractivity contribution >= 4 is 17.9 Å².